The predicted octanol–water partition coefficient (Wildman–Crippen LogP) is 4.66. The lowest BCUT2D eigenvalue weighted by molar-refractivity contribution is 0.182. The van der Waals surface area contributed by atoms with Crippen molar-refractivity contribution in [1.29, 1.82) is 0 Å². The minimum Gasteiger partial charge on any atom is -0.393 e. The molecule has 3 rings (SSSR count). The van der Waals surface area contributed by atoms with Crippen LogP contribution in [0.2, 0.25) is 0 Å². The van der Waals surface area contributed by atoms with Gasteiger partial charge in [0.2, 0.25) is 0 Å². The molecule has 1 aromatic carbocycles. The number of aromatic nitrogens is 2. The summed E-state index contributed by atoms with van der Waals surface area (Å²) in [5, 5.41) is 13.5. The first-order chi connectivity index (χ1) is 15.4. The van der Waals surface area contributed by atoms with Gasteiger partial charge in [0.15, 0.2) is 5.82 Å². The number of hydrogen-bond acceptors (Lipinski definition) is 6. The molecule has 1 aromatic heterocycles. The van der Waals surface area contributed by atoms with Crippen LogP contribution in [0.15, 0.2) is 60.4 Å². The second-order valence-electron chi connectivity index (χ2n) is 8.23. The molecule has 168 valence electrons. The van der Waals surface area contributed by atoms with Crippen molar-refractivity contribution in [1.82, 2.24) is 14.9 Å². The Balaban J connectivity index is 2.03. The number of nitrogens with one attached hydrogen (secondary N) is 1. The number of anilines is 1. The topological polar surface area (TPSA) is 73.6 Å². The molecule has 0 radical (unpaired) electrons. The van der Waals surface area contributed by atoms with E-state index < -0.39 is 0 Å². The van der Waals surface area contributed by atoms with E-state index >= 15 is 0 Å². The molecule has 0 bridgehead atoms. The average molecular weight is 432 g/mol. The molecule has 6 nitrogen and oxygen atoms in total. The molecule has 1 aliphatic rings. The molecule has 0 spiro atoms. The van der Waals surface area contributed by atoms with E-state index in [4.69, 9.17) is 4.98 Å². The molecule has 1 aliphatic carbocycles. The van der Waals surface area contributed by atoms with Gasteiger partial charge in [-0.3, -0.25) is 4.99 Å². The number of aliphatic hydroxyl groups is 1. The summed E-state index contributed by atoms with van der Waals surface area (Å²) in [6.07, 6.45) is 11.7. The Morgan fingerprint density at radius 3 is 2.72 bits per heavy atom. The van der Waals surface area contributed by atoms with Crippen LogP contribution >= 0.6 is 0 Å². The first kappa shape index (κ1) is 23.4. The van der Waals surface area contributed by atoms with Crippen molar-refractivity contribution < 1.29 is 5.11 Å². The van der Waals surface area contributed by atoms with Gasteiger partial charge in [0, 0.05) is 62.5 Å². The van der Waals surface area contributed by atoms with E-state index in [9.17, 15) is 5.11 Å². The van der Waals surface area contributed by atoms with Gasteiger partial charge in [-0.05, 0) is 43.4 Å². The van der Waals surface area contributed by atoms with Gasteiger partial charge in [-0.15, -0.1) is 0 Å². The molecule has 0 amide bonds. The van der Waals surface area contributed by atoms with Crippen LogP contribution in [0.3, 0.4) is 0 Å². The summed E-state index contributed by atoms with van der Waals surface area (Å²) in [4.78, 5) is 15.8. The van der Waals surface area contributed by atoms with Crippen LogP contribution in [-0.2, 0) is 0 Å². The number of benzene rings is 1. The van der Waals surface area contributed by atoms with Crippen LogP contribution in [0.4, 0.5) is 5.82 Å². The molecule has 32 heavy (non-hydrogen) atoms. The van der Waals surface area contributed by atoms with Crippen LogP contribution in [0.5, 0.6) is 0 Å². The molecule has 2 unspecified atom stereocenters. The lowest BCUT2D eigenvalue weighted by atomic mass is 10.0. The minimum atomic E-state index is -0.256. The van der Waals surface area contributed by atoms with E-state index in [1.807, 2.05) is 68.8 Å². The SMILES string of the molecule is C=C/C(=C\N(C)C)c1cccc(-c2ncc(C(/C=N\C)=C/C)c(NC3CCC(O)C3)n2)c1. The molecule has 1 saturated carbocycles. The number of nitrogens with zero attached hydrogens (tertiary/aromatic N) is 4. The highest BCUT2D eigenvalue weighted by Crippen LogP contribution is 2.29. The summed E-state index contributed by atoms with van der Waals surface area (Å²) in [5.41, 5.74) is 4.87. The Hall–Kier alpha value is -3.25. The summed E-state index contributed by atoms with van der Waals surface area (Å²) in [7, 11) is 5.74. The van der Waals surface area contributed by atoms with Gasteiger partial charge in [0.1, 0.15) is 5.82 Å². The lowest BCUT2D eigenvalue weighted by Gasteiger charge is -2.17. The monoisotopic (exact) mass is 431 g/mol. The molecule has 0 aliphatic heterocycles. The number of hydrogen-bond donors (Lipinski definition) is 2. The van der Waals surface area contributed by atoms with Crippen molar-refractivity contribution in [2.45, 2.75) is 38.3 Å². The third kappa shape index (κ3) is 5.71. The first-order valence-corrected chi connectivity index (χ1v) is 11.0. The summed E-state index contributed by atoms with van der Waals surface area (Å²) >= 11 is 0. The van der Waals surface area contributed by atoms with E-state index in [1.54, 1.807) is 7.05 Å². The smallest absolute Gasteiger partial charge is 0.161 e. The lowest BCUT2D eigenvalue weighted by Crippen LogP contribution is -2.19. The van der Waals surface area contributed by atoms with Gasteiger partial charge in [0.25, 0.3) is 0 Å². The minimum absolute atomic E-state index is 0.185. The van der Waals surface area contributed by atoms with E-state index in [2.05, 4.69) is 34.0 Å². The van der Waals surface area contributed by atoms with E-state index in [1.165, 1.54) is 0 Å². The Bertz CT molecular complexity index is 1040. The molecular formula is C26H33N5O. The fourth-order valence-electron chi connectivity index (χ4n) is 3.92. The molecule has 2 N–H and O–H groups in total. The zero-order valence-electron chi connectivity index (χ0n) is 19.4. The van der Waals surface area contributed by atoms with E-state index in [0.717, 1.165) is 52.9 Å². The Morgan fingerprint density at radius 1 is 1.28 bits per heavy atom. The van der Waals surface area contributed by atoms with Crippen molar-refractivity contribution >= 4 is 23.2 Å². The van der Waals surface area contributed by atoms with Gasteiger partial charge in [-0.1, -0.05) is 36.9 Å². The Labute approximate surface area is 191 Å². The van der Waals surface area contributed by atoms with Crippen molar-refractivity contribution in [3.8, 4) is 11.4 Å². The molecule has 2 atom stereocenters. The Kier molecular flexibility index (Phi) is 7.95. The molecule has 0 saturated heterocycles. The van der Waals surface area contributed by atoms with Crippen molar-refractivity contribution in [3.63, 3.8) is 0 Å². The first-order valence-electron chi connectivity index (χ1n) is 11.0. The second-order valence-corrected chi connectivity index (χ2v) is 8.23. The van der Waals surface area contributed by atoms with Crippen LogP contribution < -0.4 is 5.32 Å². The summed E-state index contributed by atoms with van der Waals surface area (Å²) in [5.74, 6) is 1.41. The van der Waals surface area contributed by atoms with Gasteiger partial charge >= 0.3 is 0 Å². The molecular weight excluding hydrogens is 398 g/mol. The van der Waals surface area contributed by atoms with Crippen molar-refractivity contribution in [2.75, 3.05) is 26.5 Å². The van der Waals surface area contributed by atoms with Gasteiger partial charge in [-0.25, -0.2) is 9.97 Å². The Morgan fingerprint density at radius 2 is 2.09 bits per heavy atom. The average Bonchev–Trinajstić information content (AvgIpc) is 3.20. The fraction of sp³-hybridized carbons (Fsp3) is 0.346. The number of aliphatic hydroxyl groups excluding tert-OH is 1. The van der Waals surface area contributed by atoms with Crippen LogP contribution in [0, 0.1) is 0 Å². The fourth-order valence-corrected chi connectivity index (χ4v) is 3.92. The third-order valence-corrected chi connectivity index (χ3v) is 5.50. The standard InChI is InChI=1S/C26H33N5O/c1-6-18(15-27-3)24-16-28-25(30-26(24)29-22-11-12-23(32)14-22)21-10-8-9-20(13-21)19(7-2)17-31(4)5/h6-10,13,15-17,22-23,32H,2,11-12,14H2,1,3-5H3,(H,28,29,30)/b18-6+,19-17+,27-15-. The van der Waals surface area contributed by atoms with Crippen molar-refractivity contribution in [3.05, 3.63) is 66.5 Å². The van der Waals surface area contributed by atoms with Gasteiger partial charge in [-0.2, -0.15) is 0 Å². The maximum atomic E-state index is 9.97. The molecule has 1 heterocycles. The van der Waals surface area contributed by atoms with Gasteiger partial charge in [0.05, 0.1) is 6.10 Å². The normalized spacial score (nSPS) is 19.4. The zero-order valence-corrected chi connectivity index (χ0v) is 19.4. The summed E-state index contributed by atoms with van der Waals surface area (Å²) in [6, 6.07) is 8.35. The summed E-state index contributed by atoms with van der Waals surface area (Å²) < 4.78 is 0. The highest BCUT2D eigenvalue weighted by atomic mass is 16.3. The molecule has 6 heteroatoms. The highest BCUT2D eigenvalue weighted by Gasteiger charge is 2.24. The number of rotatable bonds is 8. The van der Waals surface area contributed by atoms with E-state index in [-0.39, 0.29) is 12.1 Å². The largest absolute Gasteiger partial charge is 0.393 e. The zero-order chi connectivity index (χ0) is 23.1. The predicted molar refractivity (Wildman–Crippen MR) is 135 cm³/mol. The third-order valence-electron chi connectivity index (χ3n) is 5.50. The van der Waals surface area contributed by atoms with E-state index in [0.29, 0.717) is 5.82 Å². The van der Waals surface area contributed by atoms with Crippen molar-refractivity contribution in [2.24, 2.45) is 4.99 Å². The van der Waals surface area contributed by atoms with Crippen LogP contribution in [0.1, 0.15) is 37.3 Å². The van der Waals surface area contributed by atoms with Crippen LogP contribution in [0.25, 0.3) is 22.5 Å². The quantitative estimate of drug-likeness (QED) is 0.470. The highest BCUT2D eigenvalue weighted by molar-refractivity contribution is 6.11. The number of aliphatic imine (C=N–C) groups is 1. The van der Waals surface area contributed by atoms with Crippen LogP contribution in [-0.4, -0.2) is 59.5 Å². The number of allylic oxidation sites excluding steroid dienone is 4. The summed E-state index contributed by atoms with van der Waals surface area (Å²) in [6.45, 7) is 5.93. The maximum absolute atomic E-state index is 9.97. The maximum Gasteiger partial charge on any atom is 0.161 e. The molecule has 1 fully saturated rings. The molecule has 2 aromatic rings. The van der Waals surface area contributed by atoms with Gasteiger partial charge < -0.3 is 15.3 Å². The second kappa shape index (κ2) is 10.9.